The second-order valence-electron chi connectivity index (χ2n) is 11.1. The fraction of sp³-hybridized carbons (Fsp3) is 0.786. The molecule has 0 radical (unpaired) electrons. The van der Waals surface area contributed by atoms with Gasteiger partial charge < -0.3 is 9.53 Å². The van der Waals surface area contributed by atoms with Gasteiger partial charge in [0.05, 0.1) is 6.10 Å². The normalized spacial score (nSPS) is 15.5. The van der Waals surface area contributed by atoms with E-state index in [1.807, 2.05) is 6.07 Å². The number of thioether (sulfide) groups is 1. The summed E-state index contributed by atoms with van der Waals surface area (Å²) in [6, 6.07) is 10.4. The minimum Gasteiger partial charge on any atom is -0.414 e. The number of aliphatic hydroxyl groups excluding tert-OH is 1. The van der Waals surface area contributed by atoms with E-state index in [1.165, 1.54) is 62.7 Å². The molecule has 0 heterocycles. The van der Waals surface area contributed by atoms with E-state index in [0.717, 1.165) is 12.8 Å². The number of hydrogen-bond acceptors (Lipinski definition) is 3. The zero-order valence-electron chi connectivity index (χ0n) is 22.2. The predicted octanol–water partition coefficient (Wildman–Crippen LogP) is 9.23. The largest absolute Gasteiger partial charge is 0.414 e. The van der Waals surface area contributed by atoms with Crippen LogP contribution in [0.4, 0.5) is 0 Å². The Hall–Kier alpha value is -0.293. The molecule has 32 heavy (non-hydrogen) atoms. The van der Waals surface area contributed by atoms with Crippen molar-refractivity contribution in [3.05, 3.63) is 30.3 Å². The molecule has 0 aliphatic rings. The first-order valence-corrected chi connectivity index (χ1v) is 16.9. The molecule has 0 saturated heterocycles. The van der Waals surface area contributed by atoms with Gasteiger partial charge in [0, 0.05) is 16.2 Å². The number of unbranched alkanes of at least 4 members (excludes halogenated alkanes) is 8. The zero-order chi connectivity index (χ0) is 24.0. The molecule has 1 aromatic rings. The van der Waals surface area contributed by atoms with Gasteiger partial charge >= 0.3 is 0 Å². The molecule has 0 bridgehead atoms. The molecule has 1 N–H and O–H groups in total. The molecule has 1 aromatic carbocycles. The minimum atomic E-state index is -1.86. The van der Waals surface area contributed by atoms with Crippen LogP contribution in [-0.4, -0.2) is 30.9 Å². The summed E-state index contributed by atoms with van der Waals surface area (Å²) in [4.78, 5) is 1.22. The van der Waals surface area contributed by atoms with Gasteiger partial charge in [0.15, 0.2) is 8.32 Å². The van der Waals surface area contributed by atoms with Crippen molar-refractivity contribution in [2.45, 2.75) is 146 Å². The van der Waals surface area contributed by atoms with Crippen LogP contribution in [-0.2, 0) is 4.43 Å². The maximum Gasteiger partial charge on any atom is 0.192 e. The summed E-state index contributed by atoms with van der Waals surface area (Å²) in [5.41, 5.74) is 0. The van der Waals surface area contributed by atoms with E-state index < -0.39 is 8.32 Å². The molecule has 0 aliphatic heterocycles. The van der Waals surface area contributed by atoms with Crippen LogP contribution in [0.5, 0.6) is 0 Å². The third kappa shape index (κ3) is 12.2. The maximum absolute atomic E-state index is 11.0. The van der Waals surface area contributed by atoms with Crippen molar-refractivity contribution in [2.75, 3.05) is 0 Å². The Labute approximate surface area is 205 Å². The van der Waals surface area contributed by atoms with Crippen LogP contribution in [0.3, 0.4) is 0 Å². The lowest BCUT2D eigenvalue weighted by Crippen LogP contribution is -2.45. The molecular weight excluding hydrogens is 428 g/mol. The van der Waals surface area contributed by atoms with Crippen molar-refractivity contribution >= 4 is 20.1 Å². The molecule has 2 nitrogen and oxygen atoms in total. The lowest BCUT2D eigenvalue weighted by molar-refractivity contribution is 0.0808. The molecule has 0 aromatic heterocycles. The first-order valence-electron chi connectivity index (χ1n) is 13.1. The SMILES string of the molecule is CCCCCCCCCCC[C@H](CC(O)C(C)Sc1ccccc1)O[Si](C)(C)C(C)(C)C. The lowest BCUT2D eigenvalue weighted by atomic mass is 10.0. The number of aliphatic hydroxyl groups is 1. The first kappa shape index (κ1) is 29.7. The van der Waals surface area contributed by atoms with Crippen LogP contribution >= 0.6 is 11.8 Å². The summed E-state index contributed by atoms with van der Waals surface area (Å²) < 4.78 is 6.82. The van der Waals surface area contributed by atoms with Crippen LogP contribution in [0.2, 0.25) is 18.1 Å². The zero-order valence-corrected chi connectivity index (χ0v) is 24.0. The molecule has 2 unspecified atom stereocenters. The second-order valence-corrected chi connectivity index (χ2v) is 17.3. The Morgan fingerprint density at radius 2 is 1.44 bits per heavy atom. The molecular formula is C28H52O2SSi. The highest BCUT2D eigenvalue weighted by molar-refractivity contribution is 8.00. The second kappa shape index (κ2) is 15.6. The van der Waals surface area contributed by atoms with Crippen LogP contribution in [0.1, 0.15) is 105 Å². The molecule has 0 amide bonds. The number of hydrogen-bond donors (Lipinski definition) is 1. The van der Waals surface area contributed by atoms with Gasteiger partial charge in [-0.05, 0) is 43.1 Å². The van der Waals surface area contributed by atoms with E-state index in [-0.39, 0.29) is 22.5 Å². The number of rotatable bonds is 17. The van der Waals surface area contributed by atoms with Crippen molar-refractivity contribution < 1.29 is 9.53 Å². The van der Waals surface area contributed by atoms with E-state index in [0.29, 0.717) is 0 Å². The quantitative estimate of drug-likeness (QED) is 0.137. The Morgan fingerprint density at radius 3 is 1.97 bits per heavy atom. The summed E-state index contributed by atoms with van der Waals surface area (Å²) in [6.07, 6.45) is 13.7. The smallest absolute Gasteiger partial charge is 0.192 e. The molecule has 0 spiro atoms. The Kier molecular flexibility index (Phi) is 14.5. The lowest BCUT2D eigenvalue weighted by Gasteiger charge is -2.40. The van der Waals surface area contributed by atoms with E-state index in [4.69, 9.17) is 4.43 Å². The van der Waals surface area contributed by atoms with Crippen molar-refractivity contribution in [1.29, 1.82) is 0 Å². The standard InChI is InChI=1S/C28H52O2SSi/c1-8-9-10-11-12-13-14-15-17-20-25(30-32(6,7)28(3,4)5)23-27(29)24(2)31-26-21-18-16-19-22-26/h16,18-19,21-22,24-25,27,29H,8-15,17,20,23H2,1-7H3/t24?,25-,27?/m1/s1. The highest BCUT2D eigenvalue weighted by atomic mass is 32.2. The van der Waals surface area contributed by atoms with Crippen LogP contribution in [0.25, 0.3) is 0 Å². The van der Waals surface area contributed by atoms with Gasteiger partial charge in [-0.2, -0.15) is 0 Å². The molecule has 186 valence electrons. The van der Waals surface area contributed by atoms with Crippen LogP contribution in [0.15, 0.2) is 35.2 Å². The molecule has 3 atom stereocenters. The van der Waals surface area contributed by atoms with Gasteiger partial charge in [0.1, 0.15) is 0 Å². The van der Waals surface area contributed by atoms with Crippen LogP contribution in [0, 0.1) is 0 Å². The Balaban J connectivity index is 2.54. The van der Waals surface area contributed by atoms with Gasteiger partial charge in [-0.15, -0.1) is 11.8 Å². The maximum atomic E-state index is 11.0. The van der Waals surface area contributed by atoms with Crippen molar-refractivity contribution in [1.82, 2.24) is 0 Å². The summed E-state index contributed by atoms with van der Waals surface area (Å²) >= 11 is 1.77. The summed E-state index contributed by atoms with van der Waals surface area (Å²) in [5, 5.41) is 11.4. The van der Waals surface area contributed by atoms with Crippen molar-refractivity contribution in [3.63, 3.8) is 0 Å². The molecule has 4 heteroatoms. The molecule has 0 aliphatic carbocycles. The van der Waals surface area contributed by atoms with Gasteiger partial charge in [-0.3, -0.25) is 0 Å². The fourth-order valence-corrected chi connectivity index (χ4v) is 6.17. The highest BCUT2D eigenvalue weighted by Crippen LogP contribution is 2.39. The minimum absolute atomic E-state index is 0.158. The van der Waals surface area contributed by atoms with Crippen molar-refractivity contribution in [3.8, 4) is 0 Å². The van der Waals surface area contributed by atoms with E-state index in [1.54, 1.807) is 11.8 Å². The Bertz CT molecular complexity index is 585. The molecule has 0 saturated carbocycles. The van der Waals surface area contributed by atoms with Gasteiger partial charge in [0.2, 0.25) is 0 Å². The van der Waals surface area contributed by atoms with E-state index in [9.17, 15) is 5.11 Å². The first-order chi connectivity index (χ1) is 15.1. The van der Waals surface area contributed by atoms with Gasteiger partial charge in [-0.1, -0.05) is 111 Å². The van der Waals surface area contributed by atoms with Crippen LogP contribution < -0.4 is 0 Å². The van der Waals surface area contributed by atoms with Gasteiger partial charge in [0.25, 0.3) is 0 Å². The Morgan fingerprint density at radius 1 is 0.906 bits per heavy atom. The average molecular weight is 481 g/mol. The van der Waals surface area contributed by atoms with E-state index >= 15 is 0 Å². The fourth-order valence-electron chi connectivity index (χ4n) is 3.75. The highest BCUT2D eigenvalue weighted by Gasteiger charge is 2.39. The third-order valence-corrected chi connectivity index (χ3v) is 12.8. The monoisotopic (exact) mass is 480 g/mol. The summed E-state index contributed by atoms with van der Waals surface area (Å²) in [6.45, 7) is 16.0. The molecule has 1 rings (SSSR count). The number of benzene rings is 1. The topological polar surface area (TPSA) is 29.5 Å². The van der Waals surface area contributed by atoms with Crippen molar-refractivity contribution in [2.24, 2.45) is 0 Å². The third-order valence-electron chi connectivity index (χ3n) is 7.01. The van der Waals surface area contributed by atoms with Gasteiger partial charge in [-0.25, -0.2) is 0 Å². The summed E-state index contributed by atoms with van der Waals surface area (Å²) in [7, 11) is -1.86. The van der Waals surface area contributed by atoms with E-state index in [2.05, 4.69) is 72.0 Å². The molecule has 0 fully saturated rings. The summed E-state index contributed by atoms with van der Waals surface area (Å²) in [5.74, 6) is 0. The average Bonchev–Trinajstić information content (AvgIpc) is 2.72. The predicted molar refractivity (Wildman–Crippen MR) is 146 cm³/mol.